The molecule has 0 fully saturated rings. The minimum Gasteiger partial charge on any atom is -0.384 e. The lowest BCUT2D eigenvalue weighted by molar-refractivity contribution is 0.0761. The minimum absolute atomic E-state index is 0.177. The maximum absolute atomic E-state index is 5.23. The zero-order valence-corrected chi connectivity index (χ0v) is 10.9. The van der Waals surface area contributed by atoms with E-state index >= 15 is 0 Å². The maximum Gasteiger partial charge on any atom is 0.0514 e. The van der Waals surface area contributed by atoms with Gasteiger partial charge in [-0.1, -0.05) is 27.7 Å². The average Bonchev–Trinajstić information content (AvgIpc) is 1.78. The van der Waals surface area contributed by atoms with Crippen molar-refractivity contribution in [2.75, 3.05) is 13.7 Å². The third-order valence-electron chi connectivity index (χ3n) is 2.13. The Morgan fingerprint density at radius 2 is 1.64 bits per heavy atom. The molecule has 0 aliphatic heterocycles. The highest BCUT2D eigenvalue weighted by molar-refractivity contribution is 4.86. The number of ether oxygens (including phenoxy) is 1. The van der Waals surface area contributed by atoms with Crippen LogP contribution in [0.3, 0.4) is 0 Å². The fraction of sp³-hybridized carbons (Fsp3) is 1.00. The SMILES string of the molecule is COCC(C)(C)CC(C)(C)NC(C)C. The second kappa shape index (κ2) is 5.13. The lowest BCUT2D eigenvalue weighted by Crippen LogP contribution is -2.47. The van der Waals surface area contributed by atoms with E-state index in [0.717, 1.165) is 13.0 Å². The highest BCUT2D eigenvalue weighted by Crippen LogP contribution is 2.28. The van der Waals surface area contributed by atoms with Gasteiger partial charge in [0.15, 0.2) is 0 Å². The van der Waals surface area contributed by atoms with Gasteiger partial charge >= 0.3 is 0 Å². The van der Waals surface area contributed by atoms with E-state index < -0.39 is 0 Å². The maximum atomic E-state index is 5.23. The molecule has 0 aliphatic rings. The molecule has 2 nitrogen and oxygen atoms in total. The molecule has 14 heavy (non-hydrogen) atoms. The Bertz CT molecular complexity index is 162. The number of hydrogen-bond acceptors (Lipinski definition) is 2. The summed E-state index contributed by atoms with van der Waals surface area (Å²) in [7, 11) is 1.77. The smallest absolute Gasteiger partial charge is 0.0514 e. The van der Waals surface area contributed by atoms with Gasteiger partial charge in [0, 0.05) is 18.7 Å². The van der Waals surface area contributed by atoms with Gasteiger partial charge in [0.1, 0.15) is 0 Å². The summed E-state index contributed by atoms with van der Waals surface area (Å²) >= 11 is 0. The summed E-state index contributed by atoms with van der Waals surface area (Å²) in [5.74, 6) is 0. The van der Waals surface area contributed by atoms with Crippen molar-refractivity contribution in [3.05, 3.63) is 0 Å². The van der Waals surface area contributed by atoms with Gasteiger partial charge in [0.2, 0.25) is 0 Å². The molecular weight excluding hydrogens is 174 g/mol. The molecule has 86 valence electrons. The normalized spacial score (nSPS) is 13.7. The number of hydrogen-bond donors (Lipinski definition) is 1. The average molecular weight is 201 g/mol. The summed E-state index contributed by atoms with van der Waals surface area (Å²) in [6.45, 7) is 14.2. The van der Waals surface area contributed by atoms with Gasteiger partial charge in [0.25, 0.3) is 0 Å². The van der Waals surface area contributed by atoms with Gasteiger partial charge in [0.05, 0.1) is 6.61 Å². The van der Waals surface area contributed by atoms with Crippen molar-refractivity contribution in [1.82, 2.24) is 5.32 Å². The molecule has 2 heteroatoms. The van der Waals surface area contributed by atoms with Crippen LogP contribution in [0.4, 0.5) is 0 Å². The second-order valence-corrected chi connectivity index (χ2v) is 5.96. The summed E-state index contributed by atoms with van der Waals surface area (Å²) in [5.41, 5.74) is 0.413. The molecule has 0 atom stereocenters. The molecule has 0 aromatic carbocycles. The van der Waals surface area contributed by atoms with Gasteiger partial charge in [-0.2, -0.15) is 0 Å². The van der Waals surface area contributed by atoms with Gasteiger partial charge in [-0.05, 0) is 25.7 Å². The fourth-order valence-electron chi connectivity index (χ4n) is 2.47. The second-order valence-electron chi connectivity index (χ2n) is 5.96. The van der Waals surface area contributed by atoms with Crippen molar-refractivity contribution in [1.29, 1.82) is 0 Å². The number of methoxy groups -OCH3 is 1. The molecule has 1 N–H and O–H groups in total. The molecule has 0 aromatic heterocycles. The predicted molar refractivity (Wildman–Crippen MR) is 62.6 cm³/mol. The molecular formula is C12H27NO. The van der Waals surface area contributed by atoms with Gasteiger partial charge in [-0.15, -0.1) is 0 Å². The van der Waals surface area contributed by atoms with Crippen molar-refractivity contribution >= 4 is 0 Å². The number of rotatable bonds is 6. The van der Waals surface area contributed by atoms with Gasteiger partial charge in [-0.25, -0.2) is 0 Å². The van der Waals surface area contributed by atoms with Crippen LogP contribution in [0, 0.1) is 5.41 Å². The third kappa shape index (κ3) is 6.39. The van der Waals surface area contributed by atoms with Crippen LogP contribution in [-0.2, 0) is 4.74 Å². The number of nitrogens with one attached hydrogen (secondary N) is 1. The van der Waals surface area contributed by atoms with Crippen LogP contribution in [-0.4, -0.2) is 25.3 Å². The topological polar surface area (TPSA) is 21.3 Å². The Morgan fingerprint density at radius 1 is 1.14 bits per heavy atom. The van der Waals surface area contributed by atoms with Crippen LogP contribution >= 0.6 is 0 Å². The van der Waals surface area contributed by atoms with Crippen LogP contribution in [0.15, 0.2) is 0 Å². The lowest BCUT2D eigenvalue weighted by atomic mass is 9.80. The molecule has 0 amide bonds. The lowest BCUT2D eigenvalue weighted by Gasteiger charge is -2.36. The summed E-state index contributed by atoms with van der Waals surface area (Å²) in [4.78, 5) is 0. The fourth-order valence-corrected chi connectivity index (χ4v) is 2.47. The van der Waals surface area contributed by atoms with Crippen molar-refractivity contribution in [3.8, 4) is 0 Å². The first-order chi connectivity index (χ1) is 6.18. The first kappa shape index (κ1) is 13.9. The van der Waals surface area contributed by atoms with Crippen LogP contribution in [0.25, 0.3) is 0 Å². The highest BCUT2D eigenvalue weighted by Gasteiger charge is 2.28. The molecule has 0 saturated carbocycles. The van der Waals surface area contributed by atoms with Crippen LogP contribution in [0.2, 0.25) is 0 Å². The molecule has 0 heterocycles. The summed E-state index contributed by atoms with van der Waals surface area (Å²) < 4.78 is 5.23. The molecule has 0 aromatic rings. The quantitative estimate of drug-likeness (QED) is 0.713. The van der Waals surface area contributed by atoms with Crippen molar-refractivity contribution < 1.29 is 4.74 Å². The van der Waals surface area contributed by atoms with Crippen LogP contribution in [0.1, 0.15) is 48.0 Å². The molecule has 0 aliphatic carbocycles. The molecule has 0 spiro atoms. The zero-order chi connectivity index (χ0) is 11.4. The summed E-state index contributed by atoms with van der Waals surface area (Å²) in [6, 6.07) is 0.531. The van der Waals surface area contributed by atoms with Crippen LogP contribution < -0.4 is 5.32 Å². The molecule has 0 unspecified atom stereocenters. The van der Waals surface area contributed by atoms with Gasteiger partial charge in [-0.3, -0.25) is 0 Å². The Morgan fingerprint density at radius 3 is 2.00 bits per heavy atom. The third-order valence-corrected chi connectivity index (χ3v) is 2.13. The Hall–Kier alpha value is -0.0800. The molecule has 0 bridgehead atoms. The highest BCUT2D eigenvalue weighted by atomic mass is 16.5. The van der Waals surface area contributed by atoms with E-state index in [0.29, 0.717) is 6.04 Å². The monoisotopic (exact) mass is 201 g/mol. The first-order valence-corrected chi connectivity index (χ1v) is 5.45. The van der Waals surface area contributed by atoms with E-state index in [4.69, 9.17) is 4.74 Å². The minimum atomic E-state index is 0.177. The molecule has 0 radical (unpaired) electrons. The Labute approximate surface area is 89.4 Å². The standard InChI is InChI=1S/C12H27NO/c1-10(2)13-12(5,6)8-11(3,4)9-14-7/h10,13H,8-9H2,1-7H3. The van der Waals surface area contributed by atoms with E-state index in [1.165, 1.54) is 0 Å². The summed E-state index contributed by atoms with van der Waals surface area (Å²) in [6.07, 6.45) is 1.12. The van der Waals surface area contributed by atoms with Crippen molar-refractivity contribution in [2.24, 2.45) is 5.41 Å². The Balaban J connectivity index is 4.19. The Kier molecular flexibility index (Phi) is 5.10. The van der Waals surface area contributed by atoms with E-state index in [9.17, 15) is 0 Å². The molecule has 0 rings (SSSR count). The van der Waals surface area contributed by atoms with E-state index in [2.05, 4.69) is 46.9 Å². The van der Waals surface area contributed by atoms with E-state index in [-0.39, 0.29) is 11.0 Å². The predicted octanol–water partition coefficient (Wildman–Crippen LogP) is 2.83. The van der Waals surface area contributed by atoms with Crippen molar-refractivity contribution in [2.45, 2.75) is 59.5 Å². The first-order valence-electron chi connectivity index (χ1n) is 5.45. The molecule has 0 saturated heterocycles. The largest absolute Gasteiger partial charge is 0.384 e. The summed E-state index contributed by atoms with van der Waals surface area (Å²) in [5, 5.41) is 3.58. The van der Waals surface area contributed by atoms with Gasteiger partial charge < -0.3 is 10.1 Å². The van der Waals surface area contributed by atoms with E-state index in [1.54, 1.807) is 7.11 Å². The van der Waals surface area contributed by atoms with E-state index in [1.807, 2.05) is 0 Å². The van der Waals surface area contributed by atoms with Crippen molar-refractivity contribution in [3.63, 3.8) is 0 Å². The zero-order valence-electron chi connectivity index (χ0n) is 10.9. The van der Waals surface area contributed by atoms with Crippen LogP contribution in [0.5, 0.6) is 0 Å².